The summed E-state index contributed by atoms with van der Waals surface area (Å²) in [6.07, 6.45) is 1.22. The molecule has 0 heterocycles. The normalized spacial score (nSPS) is 11.3. The van der Waals surface area contributed by atoms with Gasteiger partial charge in [-0.3, -0.25) is 14.9 Å². The molecule has 0 bridgehead atoms. The van der Waals surface area contributed by atoms with Crippen LogP contribution < -0.4 is 14.2 Å². The fraction of sp³-hybridized carbons (Fsp3) is 0.0833. The topological polar surface area (TPSA) is 149 Å². The number of benzene rings is 3. The largest absolute Gasteiger partial charge is 0.493 e. The molecule has 35 heavy (non-hydrogen) atoms. The molecule has 0 unspecified atom stereocenters. The number of non-ortho nitro benzene ring substituents is 1. The maximum atomic E-state index is 12.7. The number of hydrogen-bond donors (Lipinski definition) is 1. The lowest BCUT2D eigenvalue weighted by Crippen LogP contribution is -2.13. The summed E-state index contributed by atoms with van der Waals surface area (Å²) in [4.78, 5) is 22.8. The quantitative estimate of drug-likeness (QED) is 0.161. The summed E-state index contributed by atoms with van der Waals surface area (Å²) in [6.45, 7) is 1.82. The van der Waals surface area contributed by atoms with Crippen LogP contribution in [0, 0.1) is 28.4 Å². The smallest absolute Gasteiger partial charge is 0.339 e. The maximum absolute atomic E-state index is 12.7. The minimum absolute atomic E-state index is 0.0554. The second kappa shape index (κ2) is 10.5. The summed E-state index contributed by atoms with van der Waals surface area (Å²) in [5.74, 6) is -0.825. The van der Waals surface area contributed by atoms with E-state index >= 15 is 0 Å². The van der Waals surface area contributed by atoms with Crippen molar-refractivity contribution in [3.63, 3.8) is 0 Å². The Morgan fingerprint density at radius 2 is 1.80 bits per heavy atom. The molecule has 1 amide bonds. The Balaban J connectivity index is 1.89. The van der Waals surface area contributed by atoms with Crippen molar-refractivity contribution in [2.75, 3.05) is 12.4 Å². The van der Waals surface area contributed by atoms with Gasteiger partial charge in [0.2, 0.25) is 0 Å². The molecule has 11 heteroatoms. The number of hydrogen-bond acceptors (Lipinski definition) is 8. The van der Waals surface area contributed by atoms with Crippen LogP contribution in [0.5, 0.6) is 11.5 Å². The standard InChI is InChI=1S/C24H19N3O7S/c1-16-6-9-21(10-7-16)35(31,32)34-23-13-17(8-11-22(23)33-2)12-18(15-25)24(28)26-19-4-3-5-20(14-19)27(29)30/h3-14H,1-2H3,(H,26,28)/b18-12+. The third-order valence-electron chi connectivity index (χ3n) is 4.69. The summed E-state index contributed by atoms with van der Waals surface area (Å²) in [6, 6.07) is 17.3. The van der Waals surface area contributed by atoms with Gasteiger partial charge in [-0.25, -0.2) is 0 Å². The van der Waals surface area contributed by atoms with Crippen LogP contribution in [0.25, 0.3) is 6.08 Å². The number of amides is 1. The molecule has 0 saturated heterocycles. The van der Waals surface area contributed by atoms with Gasteiger partial charge in [-0.05, 0) is 48.9 Å². The first-order valence-electron chi connectivity index (χ1n) is 10.00. The molecular formula is C24H19N3O7S. The van der Waals surface area contributed by atoms with Gasteiger partial charge in [0.05, 0.1) is 12.0 Å². The van der Waals surface area contributed by atoms with Crippen LogP contribution in [0.3, 0.4) is 0 Å². The van der Waals surface area contributed by atoms with E-state index in [4.69, 9.17) is 8.92 Å². The third kappa shape index (κ3) is 6.21. The number of aryl methyl sites for hydroxylation is 1. The molecular weight excluding hydrogens is 474 g/mol. The highest BCUT2D eigenvalue weighted by Gasteiger charge is 2.20. The lowest BCUT2D eigenvalue weighted by molar-refractivity contribution is -0.384. The fourth-order valence-electron chi connectivity index (χ4n) is 2.93. The zero-order valence-electron chi connectivity index (χ0n) is 18.6. The molecule has 10 nitrogen and oxygen atoms in total. The number of anilines is 1. The average Bonchev–Trinajstić information content (AvgIpc) is 2.82. The number of nitro benzene ring substituents is 1. The van der Waals surface area contributed by atoms with Gasteiger partial charge in [0.1, 0.15) is 16.5 Å². The van der Waals surface area contributed by atoms with Gasteiger partial charge in [0.25, 0.3) is 11.6 Å². The van der Waals surface area contributed by atoms with Gasteiger partial charge in [0.15, 0.2) is 11.5 Å². The van der Waals surface area contributed by atoms with Crippen LogP contribution in [0.2, 0.25) is 0 Å². The van der Waals surface area contributed by atoms with Gasteiger partial charge in [-0.15, -0.1) is 0 Å². The Morgan fingerprint density at radius 1 is 1.09 bits per heavy atom. The van der Waals surface area contributed by atoms with Crippen LogP contribution >= 0.6 is 0 Å². The predicted octanol–water partition coefficient (Wildman–Crippen LogP) is 4.23. The van der Waals surface area contributed by atoms with Gasteiger partial charge in [-0.2, -0.15) is 13.7 Å². The third-order valence-corrected chi connectivity index (χ3v) is 5.94. The fourth-order valence-corrected chi connectivity index (χ4v) is 3.86. The van der Waals surface area contributed by atoms with Crippen LogP contribution in [-0.2, 0) is 14.9 Å². The van der Waals surface area contributed by atoms with E-state index in [1.54, 1.807) is 18.2 Å². The van der Waals surface area contributed by atoms with Crippen LogP contribution in [0.4, 0.5) is 11.4 Å². The second-order valence-electron chi connectivity index (χ2n) is 7.19. The number of rotatable bonds is 8. The van der Waals surface area contributed by atoms with E-state index in [9.17, 15) is 28.6 Å². The number of nitro groups is 1. The summed E-state index contributed by atoms with van der Waals surface area (Å²) in [5.41, 5.74) is 0.742. The van der Waals surface area contributed by atoms with Crippen molar-refractivity contribution >= 4 is 33.5 Å². The minimum atomic E-state index is -4.18. The molecule has 0 fully saturated rings. The molecule has 0 atom stereocenters. The summed E-state index contributed by atoms with van der Waals surface area (Å²) >= 11 is 0. The summed E-state index contributed by atoms with van der Waals surface area (Å²) in [7, 11) is -2.84. The zero-order valence-corrected chi connectivity index (χ0v) is 19.4. The molecule has 0 aromatic heterocycles. The Bertz CT molecular complexity index is 1460. The molecule has 1 N–H and O–H groups in total. The first kappa shape index (κ1) is 24.9. The molecule has 0 radical (unpaired) electrons. The van der Waals surface area contributed by atoms with E-state index in [-0.39, 0.29) is 38.9 Å². The summed E-state index contributed by atoms with van der Waals surface area (Å²) < 4.78 is 35.8. The maximum Gasteiger partial charge on any atom is 0.339 e. The lowest BCUT2D eigenvalue weighted by Gasteiger charge is -2.12. The van der Waals surface area contributed by atoms with E-state index in [0.29, 0.717) is 0 Å². The minimum Gasteiger partial charge on any atom is -0.493 e. The van der Waals surface area contributed by atoms with Crippen molar-refractivity contribution in [3.8, 4) is 17.6 Å². The molecule has 0 aliphatic carbocycles. The van der Waals surface area contributed by atoms with Crippen LogP contribution in [0.15, 0.2) is 77.2 Å². The molecule has 0 aliphatic rings. The highest BCUT2D eigenvalue weighted by atomic mass is 32.2. The van der Waals surface area contributed by atoms with Crippen molar-refractivity contribution in [1.29, 1.82) is 5.26 Å². The molecule has 3 aromatic carbocycles. The van der Waals surface area contributed by atoms with E-state index in [1.165, 1.54) is 61.7 Å². The number of nitrogens with one attached hydrogen (secondary N) is 1. The first-order valence-corrected chi connectivity index (χ1v) is 11.4. The predicted molar refractivity (Wildman–Crippen MR) is 127 cm³/mol. The zero-order chi connectivity index (χ0) is 25.6. The lowest BCUT2D eigenvalue weighted by atomic mass is 10.1. The Kier molecular flexibility index (Phi) is 7.48. The van der Waals surface area contributed by atoms with Crippen molar-refractivity contribution in [3.05, 3.63) is 93.5 Å². The molecule has 3 rings (SSSR count). The second-order valence-corrected chi connectivity index (χ2v) is 8.74. The van der Waals surface area contributed by atoms with Crippen LogP contribution in [0.1, 0.15) is 11.1 Å². The average molecular weight is 493 g/mol. The molecule has 0 spiro atoms. The number of carbonyl (C=O) groups excluding carboxylic acids is 1. The Morgan fingerprint density at radius 3 is 2.43 bits per heavy atom. The Labute approximate surface area is 201 Å². The SMILES string of the molecule is COc1ccc(/C=C(\C#N)C(=O)Nc2cccc([N+](=O)[O-])c2)cc1OS(=O)(=O)c1ccc(C)cc1. The van der Waals surface area contributed by atoms with Gasteiger partial charge in [0, 0.05) is 17.8 Å². The number of nitrogens with zero attached hydrogens (tertiary/aromatic N) is 2. The van der Waals surface area contributed by atoms with Crippen molar-refractivity contribution in [1.82, 2.24) is 0 Å². The van der Waals surface area contributed by atoms with E-state index in [0.717, 1.165) is 11.6 Å². The van der Waals surface area contributed by atoms with Crippen LogP contribution in [-0.4, -0.2) is 26.4 Å². The van der Waals surface area contributed by atoms with Crippen molar-refractivity contribution < 1.29 is 27.1 Å². The first-order chi connectivity index (χ1) is 16.6. The van der Waals surface area contributed by atoms with Gasteiger partial charge in [-0.1, -0.05) is 29.8 Å². The van der Waals surface area contributed by atoms with Crippen molar-refractivity contribution in [2.45, 2.75) is 11.8 Å². The molecule has 3 aromatic rings. The highest BCUT2D eigenvalue weighted by molar-refractivity contribution is 7.87. The highest BCUT2D eigenvalue weighted by Crippen LogP contribution is 2.32. The number of methoxy groups -OCH3 is 1. The number of nitriles is 1. The Hall–Kier alpha value is -4.69. The van der Waals surface area contributed by atoms with E-state index < -0.39 is 20.9 Å². The monoisotopic (exact) mass is 493 g/mol. The van der Waals surface area contributed by atoms with Gasteiger partial charge < -0.3 is 14.2 Å². The van der Waals surface area contributed by atoms with E-state index in [2.05, 4.69) is 5.32 Å². The molecule has 0 aliphatic heterocycles. The molecule has 178 valence electrons. The summed E-state index contributed by atoms with van der Waals surface area (Å²) in [5, 5.41) is 22.8. The number of carbonyl (C=O) groups is 1. The molecule has 0 saturated carbocycles. The van der Waals surface area contributed by atoms with E-state index in [1.807, 2.05) is 6.92 Å². The van der Waals surface area contributed by atoms with Crippen molar-refractivity contribution in [2.24, 2.45) is 0 Å². The number of ether oxygens (including phenoxy) is 1. The van der Waals surface area contributed by atoms with Gasteiger partial charge >= 0.3 is 10.1 Å².